The Morgan fingerprint density at radius 3 is 2.16 bits per heavy atom. The number of esters is 1. The Morgan fingerprint density at radius 2 is 1.49 bits per heavy atom. The van der Waals surface area contributed by atoms with Crippen molar-refractivity contribution in [2.75, 3.05) is 46.2 Å². The Morgan fingerprint density at radius 1 is 0.838 bits per heavy atom. The van der Waals surface area contributed by atoms with Gasteiger partial charge in [0, 0.05) is 19.3 Å². The summed E-state index contributed by atoms with van der Waals surface area (Å²) in [6, 6.07) is 16.2. The van der Waals surface area contributed by atoms with Gasteiger partial charge in [-0.15, -0.1) is 0 Å². The minimum atomic E-state index is -0.240. The van der Waals surface area contributed by atoms with Crippen LogP contribution in [0.4, 0.5) is 0 Å². The van der Waals surface area contributed by atoms with Crippen LogP contribution in [0.5, 0.6) is 11.5 Å². The monoisotopic (exact) mass is 515 g/mol. The van der Waals surface area contributed by atoms with Gasteiger partial charge in [-0.05, 0) is 75.0 Å². The smallest absolute Gasteiger partial charge is 0.310 e. The van der Waals surface area contributed by atoms with E-state index in [1.807, 2.05) is 50.2 Å². The van der Waals surface area contributed by atoms with E-state index < -0.39 is 0 Å². The molecule has 0 bridgehead atoms. The molecule has 2 aromatic carbocycles. The van der Waals surface area contributed by atoms with Gasteiger partial charge in [-0.3, -0.25) is 4.79 Å². The molecule has 0 spiro atoms. The quantitative estimate of drug-likeness (QED) is 0.197. The molecule has 1 unspecified atom stereocenters. The highest BCUT2D eigenvalue weighted by atomic mass is 16.5. The second-order valence-corrected chi connectivity index (χ2v) is 9.28. The average Bonchev–Trinajstić information content (AvgIpc) is 2.86. The first-order chi connectivity index (χ1) is 18.0. The molecule has 206 valence electrons. The first-order valence-electron chi connectivity index (χ1n) is 13.5. The topological polar surface area (TPSA) is 75.3 Å². The van der Waals surface area contributed by atoms with Crippen LogP contribution in [-0.4, -0.2) is 64.3 Å². The van der Waals surface area contributed by atoms with Crippen molar-refractivity contribution in [3.8, 4) is 11.5 Å². The normalized spacial score (nSPS) is 11.9. The maximum absolute atomic E-state index is 12.3. The molecule has 1 N–H and O–H groups in total. The van der Waals surface area contributed by atoms with E-state index >= 15 is 0 Å². The van der Waals surface area contributed by atoms with E-state index in [1.54, 1.807) is 0 Å². The summed E-state index contributed by atoms with van der Waals surface area (Å²) in [5.41, 5.74) is 2.13. The molecule has 0 amide bonds. The van der Waals surface area contributed by atoms with Crippen molar-refractivity contribution < 1.29 is 28.5 Å². The predicted molar refractivity (Wildman–Crippen MR) is 147 cm³/mol. The summed E-state index contributed by atoms with van der Waals surface area (Å²) in [6.07, 6.45) is 2.60. The number of nitrogens with one attached hydrogen (secondary N) is 1. The van der Waals surface area contributed by atoms with Gasteiger partial charge in [-0.25, -0.2) is 0 Å². The number of hydrogen-bond donors (Lipinski definition) is 1. The zero-order valence-electron chi connectivity index (χ0n) is 23.0. The number of rotatable bonds is 20. The molecule has 1 atom stereocenters. The van der Waals surface area contributed by atoms with Crippen LogP contribution in [0.1, 0.15) is 51.7 Å². The van der Waals surface area contributed by atoms with E-state index in [0.29, 0.717) is 45.7 Å². The highest BCUT2D eigenvalue weighted by molar-refractivity contribution is 5.72. The Bertz CT molecular complexity index is 888. The number of carbonyl (C=O) groups is 1. The number of carbonyl (C=O) groups excluding carboxylic acids is 1. The van der Waals surface area contributed by atoms with Crippen molar-refractivity contribution >= 4 is 5.97 Å². The maximum Gasteiger partial charge on any atom is 0.310 e. The minimum Gasteiger partial charge on any atom is -0.491 e. The first-order valence-corrected chi connectivity index (χ1v) is 13.5. The van der Waals surface area contributed by atoms with Crippen molar-refractivity contribution in [2.24, 2.45) is 0 Å². The number of ether oxygens (including phenoxy) is 5. The molecule has 7 nitrogen and oxygen atoms in total. The fourth-order valence-electron chi connectivity index (χ4n) is 3.69. The van der Waals surface area contributed by atoms with Crippen molar-refractivity contribution in [3.63, 3.8) is 0 Å². The predicted octanol–water partition coefficient (Wildman–Crippen LogP) is 4.99. The Kier molecular flexibility index (Phi) is 15.4. The van der Waals surface area contributed by atoms with Crippen LogP contribution in [0.2, 0.25) is 0 Å². The van der Waals surface area contributed by atoms with Gasteiger partial charge in [0.2, 0.25) is 0 Å². The summed E-state index contributed by atoms with van der Waals surface area (Å²) in [6.45, 7) is 12.4. The van der Waals surface area contributed by atoms with E-state index in [9.17, 15) is 4.79 Å². The van der Waals surface area contributed by atoms with E-state index in [2.05, 4.69) is 31.3 Å². The van der Waals surface area contributed by atoms with Crippen molar-refractivity contribution in [2.45, 2.75) is 65.5 Å². The third-order valence-corrected chi connectivity index (χ3v) is 5.54. The highest BCUT2D eigenvalue weighted by Gasteiger charge is 2.11. The average molecular weight is 516 g/mol. The third kappa shape index (κ3) is 14.6. The molecular weight excluding hydrogens is 470 g/mol. The van der Waals surface area contributed by atoms with Gasteiger partial charge in [0.25, 0.3) is 0 Å². The zero-order chi connectivity index (χ0) is 26.7. The summed E-state index contributed by atoms with van der Waals surface area (Å²) in [7, 11) is 0. The molecular formula is C30H45NO6. The molecule has 2 rings (SSSR count). The second-order valence-electron chi connectivity index (χ2n) is 9.28. The van der Waals surface area contributed by atoms with Gasteiger partial charge in [0.1, 0.15) is 24.7 Å². The molecule has 0 aromatic heterocycles. The van der Waals surface area contributed by atoms with E-state index in [0.717, 1.165) is 42.9 Å². The van der Waals surface area contributed by atoms with Crippen LogP contribution < -0.4 is 14.8 Å². The largest absolute Gasteiger partial charge is 0.491 e. The molecule has 0 radical (unpaired) electrons. The summed E-state index contributed by atoms with van der Waals surface area (Å²) < 4.78 is 28.0. The fourth-order valence-corrected chi connectivity index (χ4v) is 3.69. The van der Waals surface area contributed by atoms with Gasteiger partial charge in [0.15, 0.2) is 0 Å². The summed E-state index contributed by atoms with van der Waals surface area (Å²) in [5.74, 6) is 1.36. The second kappa shape index (κ2) is 18.6. The van der Waals surface area contributed by atoms with E-state index in [4.69, 9.17) is 23.7 Å². The van der Waals surface area contributed by atoms with Gasteiger partial charge in [-0.1, -0.05) is 38.1 Å². The highest BCUT2D eigenvalue weighted by Crippen LogP contribution is 2.15. The molecule has 0 aliphatic rings. The standard InChI is InChI=1S/C30H45NO6/c1-5-33-17-19-35-29-13-7-11-27(22-29)23-30(32)37-25(4)9-8-16-34-18-20-36-28-12-6-10-26(21-28)14-15-31-24(2)3/h6-7,10-13,21-22,24-25,31H,5,8-9,14-20,23H2,1-4H3. The Balaban J connectivity index is 1.54. The SMILES string of the molecule is CCOCCOc1cccc(CC(=O)OC(C)CCCOCCOc2cccc(CCNC(C)C)c2)c1. The Hall–Kier alpha value is -2.61. The summed E-state index contributed by atoms with van der Waals surface area (Å²) in [4.78, 5) is 12.3. The van der Waals surface area contributed by atoms with Crippen LogP contribution in [0, 0.1) is 0 Å². The summed E-state index contributed by atoms with van der Waals surface area (Å²) in [5, 5.41) is 3.43. The van der Waals surface area contributed by atoms with Crippen LogP contribution in [0.15, 0.2) is 48.5 Å². The molecule has 0 aliphatic heterocycles. The number of hydrogen-bond acceptors (Lipinski definition) is 7. The third-order valence-electron chi connectivity index (χ3n) is 5.54. The van der Waals surface area contributed by atoms with Crippen LogP contribution >= 0.6 is 0 Å². The van der Waals surface area contributed by atoms with Crippen molar-refractivity contribution in [1.29, 1.82) is 0 Å². The lowest BCUT2D eigenvalue weighted by Gasteiger charge is -2.14. The van der Waals surface area contributed by atoms with Gasteiger partial charge >= 0.3 is 5.97 Å². The van der Waals surface area contributed by atoms with Gasteiger partial charge in [0.05, 0.1) is 25.7 Å². The first kappa shape index (κ1) is 30.6. The molecule has 0 saturated carbocycles. The van der Waals surface area contributed by atoms with E-state index in [1.165, 1.54) is 5.56 Å². The molecule has 0 saturated heterocycles. The van der Waals surface area contributed by atoms with E-state index in [-0.39, 0.29) is 18.5 Å². The van der Waals surface area contributed by atoms with Crippen LogP contribution in [-0.2, 0) is 31.8 Å². The minimum absolute atomic E-state index is 0.161. The molecule has 0 heterocycles. The fraction of sp³-hybridized carbons (Fsp3) is 0.567. The van der Waals surface area contributed by atoms with Crippen molar-refractivity contribution in [3.05, 3.63) is 59.7 Å². The molecule has 7 heteroatoms. The number of benzene rings is 2. The molecule has 2 aromatic rings. The Labute approximate surface area is 222 Å². The molecule has 0 aliphatic carbocycles. The zero-order valence-corrected chi connectivity index (χ0v) is 23.0. The van der Waals surface area contributed by atoms with Gasteiger partial charge < -0.3 is 29.0 Å². The lowest BCUT2D eigenvalue weighted by Crippen LogP contribution is -2.24. The van der Waals surface area contributed by atoms with Crippen molar-refractivity contribution in [1.82, 2.24) is 5.32 Å². The molecule has 0 fully saturated rings. The maximum atomic E-state index is 12.3. The lowest BCUT2D eigenvalue weighted by atomic mass is 10.1. The summed E-state index contributed by atoms with van der Waals surface area (Å²) >= 11 is 0. The van der Waals surface area contributed by atoms with Gasteiger partial charge in [-0.2, -0.15) is 0 Å². The lowest BCUT2D eigenvalue weighted by molar-refractivity contribution is -0.147. The van der Waals surface area contributed by atoms with Crippen LogP contribution in [0.25, 0.3) is 0 Å². The molecule has 37 heavy (non-hydrogen) atoms. The van der Waals surface area contributed by atoms with Crippen LogP contribution in [0.3, 0.4) is 0 Å².